The zero-order valence-corrected chi connectivity index (χ0v) is 15.5. The van der Waals surface area contributed by atoms with Gasteiger partial charge in [-0.1, -0.05) is 27.7 Å². The van der Waals surface area contributed by atoms with Crippen molar-refractivity contribution < 1.29 is 53.7 Å². The Kier molecular flexibility index (Phi) is 9.73. The molecular formula is C14H24NNaO5. The normalized spacial score (nSPS) is 21.8. The van der Waals surface area contributed by atoms with E-state index in [2.05, 4.69) is 33.0 Å². The maximum absolute atomic E-state index is 11.8. The minimum atomic E-state index is -1.35. The van der Waals surface area contributed by atoms with Crippen LogP contribution in [0, 0.1) is 11.8 Å². The molecule has 6 nitrogen and oxygen atoms in total. The van der Waals surface area contributed by atoms with Crippen molar-refractivity contribution in [2.75, 3.05) is 13.2 Å². The van der Waals surface area contributed by atoms with E-state index in [-0.39, 0.29) is 35.6 Å². The number of amides is 1. The van der Waals surface area contributed by atoms with E-state index in [9.17, 15) is 14.7 Å². The minimum Gasteiger partial charge on any atom is -0.547 e. The van der Waals surface area contributed by atoms with Crippen molar-refractivity contribution in [2.24, 2.45) is 11.8 Å². The third kappa shape index (κ3) is 8.16. The third-order valence-electron chi connectivity index (χ3n) is 2.85. The van der Waals surface area contributed by atoms with Crippen LogP contribution < -0.4 is 40.0 Å². The summed E-state index contributed by atoms with van der Waals surface area (Å²) in [5.41, 5.74) is 0. The molecule has 1 N–H and O–H groups in total. The van der Waals surface area contributed by atoms with Gasteiger partial charge in [0.25, 0.3) is 5.91 Å². The first-order valence-corrected chi connectivity index (χ1v) is 7.05. The largest absolute Gasteiger partial charge is 1.00 e. The zero-order chi connectivity index (χ0) is 15.3. The second-order valence-electron chi connectivity index (χ2n) is 6.06. The monoisotopic (exact) mass is 309 g/mol. The Morgan fingerprint density at radius 3 is 2.19 bits per heavy atom. The van der Waals surface area contributed by atoms with Gasteiger partial charge in [-0.15, -0.1) is 0 Å². The Hall–Kier alpha value is -0.140. The van der Waals surface area contributed by atoms with Gasteiger partial charge in [-0.25, -0.2) is 0 Å². The number of carbonyl (C=O) groups excluding carboxylic acids is 2. The Balaban J connectivity index is 0.00000400. The van der Waals surface area contributed by atoms with Gasteiger partial charge in [-0.2, -0.15) is 0 Å². The Bertz CT molecular complexity index is 348. The van der Waals surface area contributed by atoms with Crippen molar-refractivity contribution in [3.8, 4) is 0 Å². The van der Waals surface area contributed by atoms with Crippen LogP contribution in [-0.2, 0) is 19.1 Å². The summed E-state index contributed by atoms with van der Waals surface area (Å²) in [5.74, 6) is -0.917. The van der Waals surface area contributed by atoms with Gasteiger partial charge >= 0.3 is 29.6 Å². The Labute approximate surface area is 148 Å². The molecule has 0 spiro atoms. The van der Waals surface area contributed by atoms with Gasteiger partial charge in [-0.3, -0.25) is 4.79 Å². The van der Waals surface area contributed by atoms with Gasteiger partial charge in [0.2, 0.25) is 0 Å². The van der Waals surface area contributed by atoms with Crippen LogP contribution in [0.3, 0.4) is 0 Å². The zero-order valence-electron chi connectivity index (χ0n) is 13.5. The molecule has 1 fully saturated rings. The number of carbonyl (C=O) groups is 2. The van der Waals surface area contributed by atoms with Gasteiger partial charge in [0, 0.05) is 6.61 Å². The van der Waals surface area contributed by atoms with Crippen molar-refractivity contribution in [2.45, 2.75) is 52.4 Å². The summed E-state index contributed by atoms with van der Waals surface area (Å²) in [7, 11) is 0. The van der Waals surface area contributed by atoms with E-state index in [4.69, 9.17) is 9.47 Å². The third-order valence-corrected chi connectivity index (χ3v) is 2.85. The van der Waals surface area contributed by atoms with E-state index in [1.54, 1.807) is 0 Å². The quantitative estimate of drug-likeness (QED) is 0.356. The molecule has 0 aliphatic carbocycles. The molecule has 1 heterocycles. The average molecular weight is 309 g/mol. The van der Waals surface area contributed by atoms with Crippen LogP contribution in [0.25, 0.3) is 0 Å². The molecule has 1 aliphatic heterocycles. The number of aliphatic carboxylic acids is 1. The van der Waals surface area contributed by atoms with Gasteiger partial charge < -0.3 is 24.7 Å². The van der Waals surface area contributed by atoms with Crippen molar-refractivity contribution in [1.82, 2.24) is 5.32 Å². The molecule has 3 unspecified atom stereocenters. The second kappa shape index (κ2) is 9.79. The molecule has 0 radical (unpaired) electrons. The first kappa shape index (κ1) is 20.9. The van der Waals surface area contributed by atoms with Crippen LogP contribution in [0.2, 0.25) is 0 Å². The number of carboxylic acid groups (broad SMARTS) is 1. The summed E-state index contributed by atoms with van der Waals surface area (Å²) in [6.07, 6.45) is -1.25. The molecule has 1 saturated heterocycles. The fourth-order valence-electron chi connectivity index (χ4n) is 1.96. The molecule has 0 bridgehead atoms. The number of rotatable bonds is 9. The standard InChI is InChI=1S/C14H25NO5.Na/c1-8(2)5-10(7-19-6-9(3)4)15-13(16)11-12(20-11)14(17)18;/h8-12H,5-7H2,1-4H3,(H,15,16)(H,17,18);/q;+1/p-1. The molecule has 0 aromatic rings. The van der Waals surface area contributed by atoms with Crippen molar-refractivity contribution >= 4 is 11.9 Å². The number of nitrogens with one attached hydrogen (secondary N) is 1. The van der Waals surface area contributed by atoms with E-state index < -0.39 is 24.1 Å². The van der Waals surface area contributed by atoms with Gasteiger partial charge in [-0.05, 0) is 18.3 Å². The summed E-state index contributed by atoms with van der Waals surface area (Å²) < 4.78 is 10.3. The Morgan fingerprint density at radius 1 is 1.14 bits per heavy atom. The molecule has 0 saturated carbocycles. The predicted octanol–water partition coefficient (Wildman–Crippen LogP) is -3.29. The van der Waals surface area contributed by atoms with Gasteiger partial charge in [0.1, 0.15) is 6.10 Å². The fourth-order valence-corrected chi connectivity index (χ4v) is 1.96. The number of ether oxygens (including phenoxy) is 2. The molecule has 0 aromatic carbocycles. The Morgan fingerprint density at radius 2 is 1.76 bits per heavy atom. The first-order valence-electron chi connectivity index (χ1n) is 7.05. The van der Waals surface area contributed by atoms with E-state index in [0.29, 0.717) is 25.0 Å². The fraction of sp³-hybridized carbons (Fsp3) is 0.857. The predicted molar refractivity (Wildman–Crippen MR) is 70.7 cm³/mol. The van der Waals surface area contributed by atoms with E-state index in [1.165, 1.54) is 0 Å². The maximum atomic E-state index is 11.8. The van der Waals surface area contributed by atoms with Gasteiger partial charge in [0.05, 0.1) is 18.6 Å². The molecule has 1 aliphatic rings. The molecule has 3 atom stereocenters. The average Bonchev–Trinajstić information content (AvgIpc) is 3.06. The van der Waals surface area contributed by atoms with E-state index in [0.717, 1.165) is 6.42 Å². The molecular weight excluding hydrogens is 285 g/mol. The van der Waals surface area contributed by atoms with Gasteiger partial charge in [0.15, 0.2) is 6.10 Å². The summed E-state index contributed by atoms with van der Waals surface area (Å²) in [6.45, 7) is 9.27. The second-order valence-corrected chi connectivity index (χ2v) is 6.06. The van der Waals surface area contributed by atoms with Crippen LogP contribution in [0.15, 0.2) is 0 Å². The van der Waals surface area contributed by atoms with Crippen molar-refractivity contribution in [3.63, 3.8) is 0 Å². The van der Waals surface area contributed by atoms with E-state index in [1.807, 2.05) is 0 Å². The first-order chi connectivity index (χ1) is 9.31. The van der Waals surface area contributed by atoms with Crippen LogP contribution in [0.1, 0.15) is 34.1 Å². The van der Waals surface area contributed by atoms with Crippen LogP contribution in [-0.4, -0.2) is 43.3 Å². The number of hydrogen-bond acceptors (Lipinski definition) is 5. The minimum absolute atomic E-state index is 0. The summed E-state index contributed by atoms with van der Waals surface area (Å²) in [4.78, 5) is 22.4. The van der Waals surface area contributed by atoms with Crippen molar-refractivity contribution in [1.29, 1.82) is 0 Å². The van der Waals surface area contributed by atoms with Crippen LogP contribution in [0.4, 0.5) is 0 Å². The number of carboxylic acids is 1. The molecule has 116 valence electrons. The molecule has 1 amide bonds. The maximum Gasteiger partial charge on any atom is 1.00 e. The number of epoxide rings is 1. The summed E-state index contributed by atoms with van der Waals surface area (Å²) in [6, 6.07) is -0.132. The van der Waals surface area contributed by atoms with Crippen LogP contribution in [0.5, 0.6) is 0 Å². The molecule has 21 heavy (non-hydrogen) atoms. The summed E-state index contributed by atoms with van der Waals surface area (Å²) >= 11 is 0. The topological polar surface area (TPSA) is 91.0 Å². The van der Waals surface area contributed by atoms with E-state index >= 15 is 0 Å². The SMILES string of the molecule is CC(C)COCC(CC(C)C)NC(=O)C1OC1C(=O)[O-].[Na+]. The smallest absolute Gasteiger partial charge is 0.547 e. The molecule has 1 rings (SSSR count). The molecule has 7 heteroatoms. The molecule has 0 aromatic heterocycles. The van der Waals surface area contributed by atoms with Crippen molar-refractivity contribution in [3.05, 3.63) is 0 Å². The number of hydrogen-bond donors (Lipinski definition) is 1. The van der Waals surface area contributed by atoms with Crippen LogP contribution >= 0.6 is 0 Å². The summed E-state index contributed by atoms with van der Waals surface area (Å²) in [5, 5.41) is 13.3.